The SMILES string of the molecule is COCCC(C)n1c(N)nc2ccc(F)c(F)c21. The third-order valence-corrected chi connectivity index (χ3v) is 2.95. The minimum absolute atomic E-state index is 0.108. The first-order valence-electron chi connectivity index (χ1n) is 5.66. The van der Waals surface area contributed by atoms with Crippen LogP contribution in [0.4, 0.5) is 14.7 Å². The van der Waals surface area contributed by atoms with Crippen LogP contribution in [0.2, 0.25) is 0 Å². The number of halogens is 2. The molecule has 0 saturated heterocycles. The maximum atomic E-state index is 13.8. The van der Waals surface area contributed by atoms with Gasteiger partial charge in [0.2, 0.25) is 5.95 Å². The molecule has 98 valence electrons. The molecular weight excluding hydrogens is 240 g/mol. The van der Waals surface area contributed by atoms with Crippen LogP contribution in [0.5, 0.6) is 0 Å². The van der Waals surface area contributed by atoms with Gasteiger partial charge in [0.05, 0.1) is 5.52 Å². The maximum absolute atomic E-state index is 13.8. The molecule has 1 unspecified atom stereocenters. The van der Waals surface area contributed by atoms with Gasteiger partial charge in [-0.1, -0.05) is 0 Å². The quantitative estimate of drug-likeness (QED) is 0.913. The molecule has 18 heavy (non-hydrogen) atoms. The Morgan fingerprint density at radius 3 is 2.83 bits per heavy atom. The van der Waals surface area contributed by atoms with Crippen LogP contribution >= 0.6 is 0 Å². The number of nitrogens with two attached hydrogens (primary N) is 1. The Balaban J connectivity index is 2.55. The predicted octanol–water partition coefficient (Wildman–Crippen LogP) is 2.49. The van der Waals surface area contributed by atoms with Crippen molar-refractivity contribution in [3.8, 4) is 0 Å². The van der Waals surface area contributed by atoms with Crippen LogP contribution in [-0.2, 0) is 4.74 Å². The van der Waals surface area contributed by atoms with E-state index >= 15 is 0 Å². The Bertz CT molecular complexity index is 568. The zero-order valence-corrected chi connectivity index (χ0v) is 10.3. The van der Waals surface area contributed by atoms with E-state index in [2.05, 4.69) is 4.98 Å². The van der Waals surface area contributed by atoms with E-state index in [0.29, 0.717) is 18.5 Å². The van der Waals surface area contributed by atoms with Crippen molar-refractivity contribution in [1.82, 2.24) is 9.55 Å². The summed E-state index contributed by atoms with van der Waals surface area (Å²) in [7, 11) is 1.59. The molecule has 0 spiro atoms. The summed E-state index contributed by atoms with van der Waals surface area (Å²) in [6.45, 7) is 2.37. The van der Waals surface area contributed by atoms with Crippen molar-refractivity contribution in [3.63, 3.8) is 0 Å². The molecular formula is C12H15F2N3O. The van der Waals surface area contributed by atoms with Crippen LogP contribution in [-0.4, -0.2) is 23.3 Å². The van der Waals surface area contributed by atoms with Crippen molar-refractivity contribution in [2.24, 2.45) is 0 Å². The molecule has 0 aliphatic carbocycles. The standard InChI is InChI=1S/C12H15F2N3O/c1-7(5-6-18-2)17-11-9(16-12(17)15)4-3-8(13)10(11)14/h3-4,7H,5-6H2,1-2H3,(H2,15,16). The lowest BCUT2D eigenvalue weighted by Gasteiger charge is -2.15. The number of rotatable bonds is 4. The summed E-state index contributed by atoms with van der Waals surface area (Å²) in [6, 6.07) is 2.35. The molecule has 0 radical (unpaired) electrons. The average Bonchev–Trinajstić information content (AvgIpc) is 2.68. The number of ether oxygens (including phenoxy) is 1. The van der Waals surface area contributed by atoms with E-state index in [1.807, 2.05) is 6.92 Å². The molecule has 1 heterocycles. The van der Waals surface area contributed by atoms with Gasteiger partial charge in [-0.05, 0) is 25.5 Å². The van der Waals surface area contributed by atoms with Crippen LogP contribution in [0.1, 0.15) is 19.4 Å². The number of hydrogen-bond donors (Lipinski definition) is 1. The van der Waals surface area contributed by atoms with Gasteiger partial charge in [-0.3, -0.25) is 0 Å². The number of imidazole rings is 1. The fourth-order valence-corrected chi connectivity index (χ4v) is 2.00. The van der Waals surface area contributed by atoms with E-state index in [9.17, 15) is 8.78 Å². The lowest BCUT2D eigenvalue weighted by atomic mass is 10.2. The Hall–Kier alpha value is -1.69. The van der Waals surface area contributed by atoms with Gasteiger partial charge in [0.15, 0.2) is 11.6 Å². The van der Waals surface area contributed by atoms with E-state index in [1.165, 1.54) is 10.6 Å². The van der Waals surface area contributed by atoms with Crippen LogP contribution < -0.4 is 5.73 Å². The minimum Gasteiger partial charge on any atom is -0.385 e. The molecule has 6 heteroatoms. The summed E-state index contributed by atoms with van der Waals surface area (Å²) in [5.41, 5.74) is 6.23. The summed E-state index contributed by atoms with van der Waals surface area (Å²) in [6.07, 6.45) is 0.641. The highest BCUT2D eigenvalue weighted by Crippen LogP contribution is 2.27. The van der Waals surface area contributed by atoms with Gasteiger partial charge in [0.25, 0.3) is 0 Å². The van der Waals surface area contributed by atoms with Gasteiger partial charge in [0, 0.05) is 19.8 Å². The Morgan fingerprint density at radius 1 is 1.44 bits per heavy atom. The van der Waals surface area contributed by atoms with Crippen molar-refractivity contribution in [2.45, 2.75) is 19.4 Å². The lowest BCUT2D eigenvalue weighted by Crippen LogP contribution is -2.11. The second-order valence-electron chi connectivity index (χ2n) is 4.20. The highest BCUT2D eigenvalue weighted by Gasteiger charge is 2.19. The van der Waals surface area contributed by atoms with E-state index in [-0.39, 0.29) is 17.5 Å². The molecule has 1 aromatic heterocycles. The fraction of sp³-hybridized carbons (Fsp3) is 0.417. The number of fused-ring (bicyclic) bond motifs is 1. The van der Waals surface area contributed by atoms with Gasteiger partial charge < -0.3 is 15.0 Å². The van der Waals surface area contributed by atoms with E-state index in [1.54, 1.807) is 7.11 Å². The number of nitrogens with zero attached hydrogens (tertiary/aromatic N) is 2. The average molecular weight is 255 g/mol. The van der Waals surface area contributed by atoms with Crippen molar-refractivity contribution < 1.29 is 13.5 Å². The van der Waals surface area contributed by atoms with E-state index in [0.717, 1.165) is 6.07 Å². The molecule has 0 amide bonds. The highest BCUT2D eigenvalue weighted by molar-refractivity contribution is 5.79. The van der Waals surface area contributed by atoms with Gasteiger partial charge >= 0.3 is 0 Å². The summed E-state index contributed by atoms with van der Waals surface area (Å²) in [4.78, 5) is 4.04. The van der Waals surface area contributed by atoms with Crippen molar-refractivity contribution >= 4 is 17.0 Å². The molecule has 0 bridgehead atoms. The van der Waals surface area contributed by atoms with Crippen LogP contribution in [0.3, 0.4) is 0 Å². The first-order chi connectivity index (χ1) is 8.56. The Morgan fingerprint density at radius 2 is 2.17 bits per heavy atom. The Kier molecular flexibility index (Phi) is 3.47. The third kappa shape index (κ3) is 2.03. The molecule has 0 fully saturated rings. The van der Waals surface area contributed by atoms with Gasteiger partial charge in [0.1, 0.15) is 5.52 Å². The van der Waals surface area contributed by atoms with Gasteiger partial charge in [-0.15, -0.1) is 0 Å². The molecule has 2 N–H and O–H groups in total. The third-order valence-electron chi connectivity index (χ3n) is 2.95. The van der Waals surface area contributed by atoms with E-state index in [4.69, 9.17) is 10.5 Å². The molecule has 2 rings (SSSR count). The number of nitrogen functional groups attached to an aromatic ring is 1. The second kappa shape index (κ2) is 4.89. The Labute approximate surface area is 103 Å². The molecule has 0 aliphatic rings. The van der Waals surface area contributed by atoms with Crippen molar-refractivity contribution in [2.75, 3.05) is 19.5 Å². The molecule has 4 nitrogen and oxygen atoms in total. The molecule has 0 aliphatic heterocycles. The van der Waals surface area contributed by atoms with Crippen molar-refractivity contribution in [3.05, 3.63) is 23.8 Å². The monoisotopic (exact) mass is 255 g/mol. The maximum Gasteiger partial charge on any atom is 0.201 e. The first kappa shape index (κ1) is 12.8. The van der Waals surface area contributed by atoms with Gasteiger partial charge in [-0.2, -0.15) is 0 Å². The smallest absolute Gasteiger partial charge is 0.201 e. The van der Waals surface area contributed by atoms with Gasteiger partial charge in [-0.25, -0.2) is 13.8 Å². The number of hydrogen-bond acceptors (Lipinski definition) is 3. The number of benzene rings is 1. The lowest BCUT2D eigenvalue weighted by molar-refractivity contribution is 0.182. The van der Waals surface area contributed by atoms with Crippen LogP contribution in [0.25, 0.3) is 11.0 Å². The van der Waals surface area contributed by atoms with E-state index < -0.39 is 11.6 Å². The number of methoxy groups -OCH3 is 1. The molecule has 2 aromatic rings. The molecule has 0 saturated carbocycles. The molecule has 1 aromatic carbocycles. The summed E-state index contributed by atoms with van der Waals surface area (Å²) in [5.74, 6) is -1.64. The second-order valence-corrected chi connectivity index (χ2v) is 4.20. The summed E-state index contributed by atoms with van der Waals surface area (Å²) >= 11 is 0. The highest BCUT2D eigenvalue weighted by atomic mass is 19.2. The fourth-order valence-electron chi connectivity index (χ4n) is 2.00. The predicted molar refractivity (Wildman–Crippen MR) is 65.3 cm³/mol. The normalized spacial score (nSPS) is 13.1. The minimum atomic E-state index is -0.916. The van der Waals surface area contributed by atoms with Crippen LogP contribution in [0.15, 0.2) is 12.1 Å². The first-order valence-corrected chi connectivity index (χ1v) is 5.66. The summed E-state index contributed by atoms with van der Waals surface area (Å²) in [5, 5.41) is 0. The number of anilines is 1. The van der Waals surface area contributed by atoms with Crippen molar-refractivity contribution in [1.29, 1.82) is 0 Å². The molecule has 1 atom stereocenters. The zero-order valence-electron chi connectivity index (χ0n) is 10.3. The summed E-state index contributed by atoms with van der Waals surface area (Å²) < 4.78 is 33.6. The number of aromatic nitrogens is 2. The zero-order chi connectivity index (χ0) is 13.3. The van der Waals surface area contributed by atoms with Crippen LogP contribution in [0, 0.1) is 11.6 Å². The largest absolute Gasteiger partial charge is 0.385 e. The topological polar surface area (TPSA) is 53.1 Å².